The molecule has 1 aliphatic rings. The molecule has 0 fully saturated rings. The van der Waals surface area contributed by atoms with E-state index in [0.29, 0.717) is 18.1 Å². The number of amidine groups is 1. The Hall–Kier alpha value is -1.58. The van der Waals surface area contributed by atoms with E-state index in [0.717, 1.165) is 18.4 Å². The van der Waals surface area contributed by atoms with Crippen LogP contribution in [0.5, 0.6) is 0 Å². The highest BCUT2D eigenvalue weighted by molar-refractivity contribution is 5.82. The zero-order chi connectivity index (χ0) is 12.4. The van der Waals surface area contributed by atoms with Gasteiger partial charge in [-0.05, 0) is 31.0 Å². The molecule has 0 bridgehead atoms. The standard InChI is InChI=1S/C13H18FN3/c1-9-3-5-12(11(14)7-9)17(2)8-10-4-6-13(15)16-10/h3,5,7,10H,4,6,8H2,1-2H3,(H2,15,16)/t10-/m1/s1. The predicted octanol–water partition coefficient (Wildman–Crippen LogP) is 2.09. The van der Waals surface area contributed by atoms with Gasteiger partial charge >= 0.3 is 0 Å². The van der Waals surface area contributed by atoms with Crippen molar-refractivity contribution in [1.82, 2.24) is 0 Å². The van der Waals surface area contributed by atoms with Crippen LogP contribution in [0.4, 0.5) is 10.1 Å². The topological polar surface area (TPSA) is 41.6 Å². The van der Waals surface area contributed by atoms with Crippen LogP contribution in [-0.2, 0) is 0 Å². The van der Waals surface area contributed by atoms with E-state index in [4.69, 9.17) is 5.73 Å². The van der Waals surface area contributed by atoms with Gasteiger partial charge in [0.15, 0.2) is 0 Å². The molecule has 3 nitrogen and oxygen atoms in total. The van der Waals surface area contributed by atoms with E-state index in [1.807, 2.05) is 31.0 Å². The molecule has 1 aromatic rings. The first-order valence-corrected chi connectivity index (χ1v) is 5.85. The van der Waals surface area contributed by atoms with Crippen molar-refractivity contribution in [3.63, 3.8) is 0 Å². The predicted molar refractivity (Wildman–Crippen MR) is 69.1 cm³/mol. The molecule has 2 N–H and O–H groups in total. The maximum atomic E-state index is 13.7. The van der Waals surface area contributed by atoms with Crippen molar-refractivity contribution in [2.75, 3.05) is 18.5 Å². The summed E-state index contributed by atoms with van der Waals surface area (Å²) in [6.45, 7) is 2.59. The second-order valence-corrected chi connectivity index (χ2v) is 4.65. The Morgan fingerprint density at radius 3 is 2.88 bits per heavy atom. The highest BCUT2D eigenvalue weighted by Gasteiger charge is 2.18. The molecule has 1 atom stereocenters. The fourth-order valence-electron chi connectivity index (χ4n) is 2.15. The summed E-state index contributed by atoms with van der Waals surface area (Å²) >= 11 is 0. The van der Waals surface area contributed by atoms with Crippen LogP contribution in [0.2, 0.25) is 0 Å². The number of aliphatic imine (C=N–C) groups is 1. The molecule has 92 valence electrons. The summed E-state index contributed by atoms with van der Waals surface area (Å²) in [6, 6.07) is 5.48. The molecule has 0 spiro atoms. The van der Waals surface area contributed by atoms with Crippen LogP contribution < -0.4 is 10.6 Å². The second-order valence-electron chi connectivity index (χ2n) is 4.65. The molecule has 0 unspecified atom stereocenters. The van der Waals surface area contributed by atoms with Crippen LogP contribution in [0.25, 0.3) is 0 Å². The van der Waals surface area contributed by atoms with Crippen LogP contribution in [-0.4, -0.2) is 25.5 Å². The highest BCUT2D eigenvalue weighted by atomic mass is 19.1. The molecule has 2 rings (SSSR count). The number of hydrogen-bond donors (Lipinski definition) is 1. The molecule has 0 saturated carbocycles. The number of anilines is 1. The molecule has 1 aromatic carbocycles. The number of halogens is 1. The van der Waals surface area contributed by atoms with E-state index in [2.05, 4.69) is 4.99 Å². The van der Waals surface area contributed by atoms with Crippen LogP contribution in [0, 0.1) is 12.7 Å². The highest BCUT2D eigenvalue weighted by Crippen LogP contribution is 2.21. The normalized spacial score (nSPS) is 19.2. The number of nitrogens with two attached hydrogens (primary N) is 1. The number of rotatable bonds is 3. The smallest absolute Gasteiger partial charge is 0.146 e. The molecule has 0 amide bonds. The van der Waals surface area contributed by atoms with E-state index < -0.39 is 0 Å². The SMILES string of the molecule is Cc1ccc(N(C)C[C@H]2CCC(N)=N2)c(F)c1. The van der Waals surface area contributed by atoms with E-state index in [1.54, 1.807) is 6.07 Å². The lowest BCUT2D eigenvalue weighted by Gasteiger charge is -2.22. The minimum Gasteiger partial charge on any atom is -0.387 e. The molecule has 0 saturated heterocycles. The summed E-state index contributed by atoms with van der Waals surface area (Å²) < 4.78 is 13.7. The molecule has 1 aliphatic heterocycles. The van der Waals surface area contributed by atoms with Crippen molar-refractivity contribution >= 4 is 11.5 Å². The van der Waals surface area contributed by atoms with Crippen LogP contribution in [0.15, 0.2) is 23.2 Å². The van der Waals surface area contributed by atoms with Gasteiger partial charge in [-0.2, -0.15) is 0 Å². The zero-order valence-electron chi connectivity index (χ0n) is 10.3. The van der Waals surface area contributed by atoms with Gasteiger partial charge in [-0.25, -0.2) is 4.39 Å². The summed E-state index contributed by atoms with van der Waals surface area (Å²) in [4.78, 5) is 6.24. The first kappa shape index (κ1) is 11.9. The van der Waals surface area contributed by atoms with Crippen molar-refractivity contribution in [2.45, 2.75) is 25.8 Å². The Balaban J connectivity index is 2.07. The maximum absolute atomic E-state index is 13.7. The minimum atomic E-state index is -0.178. The van der Waals surface area contributed by atoms with Gasteiger partial charge in [-0.15, -0.1) is 0 Å². The summed E-state index contributed by atoms with van der Waals surface area (Å²) in [5, 5.41) is 0. The third-order valence-electron chi connectivity index (χ3n) is 3.08. The second kappa shape index (κ2) is 4.73. The van der Waals surface area contributed by atoms with Gasteiger partial charge in [0.25, 0.3) is 0 Å². The largest absolute Gasteiger partial charge is 0.387 e. The molecule has 0 aromatic heterocycles. The third kappa shape index (κ3) is 2.75. The fourth-order valence-corrected chi connectivity index (χ4v) is 2.15. The number of likely N-dealkylation sites (N-methyl/N-ethyl adjacent to an activating group) is 1. The van der Waals surface area contributed by atoms with E-state index in [9.17, 15) is 4.39 Å². The van der Waals surface area contributed by atoms with Gasteiger partial charge in [0.05, 0.1) is 17.6 Å². The van der Waals surface area contributed by atoms with Crippen molar-refractivity contribution in [2.24, 2.45) is 10.7 Å². The molecule has 0 radical (unpaired) electrons. The van der Waals surface area contributed by atoms with Gasteiger partial charge in [-0.1, -0.05) is 6.07 Å². The van der Waals surface area contributed by atoms with Crippen molar-refractivity contribution in [1.29, 1.82) is 0 Å². The molecule has 4 heteroatoms. The van der Waals surface area contributed by atoms with E-state index >= 15 is 0 Å². The number of benzene rings is 1. The van der Waals surface area contributed by atoms with Gasteiger partial charge in [-0.3, -0.25) is 4.99 Å². The third-order valence-corrected chi connectivity index (χ3v) is 3.08. The van der Waals surface area contributed by atoms with Crippen molar-refractivity contribution in [3.8, 4) is 0 Å². The van der Waals surface area contributed by atoms with Gasteiger partial charge < -0.3 is 10.6 Å². The zero-order valence-corrected chi connectivity index (χ0v) is 10.3. The number of nitrogens with zero attached hydrogens (tertiary/aromatic N) is 2. The molecule has 17 heavy (non-hydrogen) atoms. The fraction of sp³-hybridized carbons (Fsp3) is 0.462. The van der Waals surface area contributed by atoms with Crippen LogP contribution in [0.1, 0.15) is 18.4 Å². The number of aryl methyl sites for hydroxylation is 1. The monoisotopic (exact) mass is 235 g/mol. The molecule has 1 heterocycles. The van der Waals surface area contributed by atoms with Gasteiger partial charge in [0.1, 0.15) is 5.82 Å². The lowest BCUT2D eigenvalue weighted by Crippen LogP contribution is -2.27. The minimum absolute atomic E-state index is 0.178. The Bertz CT molecular complexity index is 442. The average molecular weight is 235 g/mol. The van der Waals surface area contributed by atoms with Crippen LogP contribution >= 0.6 is 0 Å². The Labute approximate surface area is 101 Å². The van der Waals surface area contributed by atoms with E-state index in [1.165, 1.54) is 0 Å². The summed E-state index contributed by atoms with van der Waals surface area (Å²) in [6.07, 6.45) is 1.82. The van der Waals surface area contributed by atoms with Crippen LogP contribution in [0.3, 0.4) is 0 Å². The molecule has 0 aliphatic carbocycles. The van der Waals surface area contributed by atoms with E-state index in [-0.39, 0.29) is 11.9 Å². The lowest BCUT2D eigenvalue weighted by atomic mass is 10.1. The summed E-state index contributed by atoms with van der Waals surface area (Å²) in [5.41, 5.74) is 7.20. The first-order chi connectivity index (χ1) is 8.06. The summed E-state index contributed by atoms with van der Waals surface area (Å²) in [7, 11) is 1.89. The Kier molecular flexibility index (Phi) is 3.31. The molecular weight excluding hydrogens is 217 g/mol. The van der Waals surface area contributed by atoms with Crippen molar-refractivity contribution in [3.05, 3.63) is 29.6 Å². The first-order valence-electron chi connectivity index (χ1n) is 5.85. The maximum Gasteiger partial charge on any atom is 0.146 e. The lowest BCUT2D eigenvalue weighted by molar-refractivity contribution is 0.607. The number of hydrogen-bond acceptors (Lipinski definition) is 3. The summed E-state index contributed by atoms with van der Waals surface area (Å²) in [5.74, 6) is 0.537. The van der Waals surface area contributed by atoms with Gasteiger partial charge in [0, 0.05) is 20.0 Å². The average Bonchev–Trinajstić information content (AvgIpc) is 2.63. The van der Waals surface area contributed by atoms with Gasteiger partial charge in [0.2, 0.25) is 0 Å². The Morgan fingerprint density at radius 2 is 2.29 bits per heavy atom. The van der Waals surface area contributed by atoms with Crippen molar-refractivity contribution < 1.29 is 4.39 Å². The Morgan fingerprint density at radius 1 is 1.53 bits per heavy atom. The molecular formula is C13H18FN3. The quantitative estimate of drug-likeness (QED) is 0.871.